The van der Waals surface area contributed by atoms with E-state index < -0.39 is 5.41 Å². The van der Waals surface area contributed by atoms with Crippen LogP contribution in [0.4, 0.5) is 5.13 Å². The van der Waals surface area contributed by atoms with Gasteiger partial charge in [-0.2, -0.15) is 0 Å². The second kappa shape index (κ2) is 6.57. The van der Waals surface area contributed by atoms with E-state index in [1.807, 2.05) is 24.3 Å². The zero-order valence-electron chi connectivity index (χ0n) is 13.3. The highest BCUT2D eigenvalue weighted by molar-refractivity contribution is 7.15. The molecule has 0 atom stereocenters. The molecule has 1 aromatic carbocycles. The molecule has 0 aliphatic heterocycles. The number of halogens is 1. The quantitative estimate of drug-likeness (QED) is 0.865. The molecule has 1 aliphatic rings. The fraction of sp³-hybridized carbons (Fsp3) is 0.471. The summed E-state index contributed by atoms with van der Waals surface area (Å²) in [7, 11) is 0. The molecular weight excluding hydrogens is 330 g/mol. The van der Waals surface area contributed by atoms with Crippen molar-refractivity contribution in [3.63, 3.8) is 0 Å². The Morgan fingerprint density at radius 3 is 2.43 bits per heavy atom. The van der Waals surface area contributed by atoms with Crippen LogP contribution >= 0.6 is 22.9 Å². The minimum atomic E-state index is -0.478. The Balaban J connectivity index is 1.85. The maximum absolute atomic E-state index is 13.0. The van der Waals surface area contributed by atoms with Crippen molar-refractivity contribution in [1.29, 1.82) is 0 Å². The lowest BCUT2D eigenvalue weighted by Crippen LogP contribution is -2.37. The van der Waals surface area contributed by atoms with E-state index in [9.17, 15) is 4.79 Å². The highest BCUT2D eigenvalue weighted by Gasteiger charge is 2.43. The molecule has 0 saturated heterocycles. The molecule has 4 nitrogen and oxygen atoms in total. The molecule has 3 rings (SSSR count). The fourth-order valence-electron chi connectivity index (χ4n) is 3.13. The molecular formula is C17H20ClN3OS. The second-order valence-electron chi connectivity index (χ2n) is 6.35. The van der Waals surface area contributed by atoms with E-state index in [2.05, 4.69) is 29.4 Å². The summed E-state index contributed by atoms with van der Waals surface area (Å²) in [5, 5.41) is 13.4. The van der Waals surface area contributed by atoms with E-state index in [0.717, 1.165) is 36.3 Å². The number of nitrogens with zero attached hydrogens (tertiary/aromatic N) is 2. The number of nitrogens with one attached hydrogen (secondary N) is 1. The lowest BCUT2D eigenvalue weighted by Gasteiger charge is -2.27. The average Bonchev–Trinajstić information content (AvgIpc) is 3.17. The molecule has 1 aliphatic carbocycles. The van der Waals surface area contributed by atoms with Crippen molar-refractivity contribution in [2.24, 2.45) is 0 Å². The van der Waals surface area contributed by atoms with Gasteiger partial charge in [0, 0.05) is 10.9 Å². The number of amides is 1. The summed E-state index contributed by atoms with van der Waals surface area (Å²) in [6, 6.07) is 7.64. The van der Waals surface area contributed by atoms with Crippen LogP contribution in [0.5, 0.6) is 0 Å². The van der Waals surface area contributed by atoms with Crippen LogP contribution in [0, 0.1) is 0 Å². The first-order chi connectivity index (χ1) is 11.0. The Bertz CT molecular complexity index is 690. The molecule has 1 fully saturated rings. The number of benzene rings is 1. The van der Waals surface area contributed by atoms with E-state index in [1.165, 1.54) is 11.3 Å². The van der Waals surface area contributed by atoms with E-state index in [4.69, 9.17) is 11.6 Å². The van der Waals surface area contributed by atoms with Crippen molar-refractivity contribution >= 4 is 34.0 Å². The molecule has 1 amide bonds. The van der Waals surface area contributed by atoms with Gasteiger partial charge in [0.1, 0.15) is 5.01 Å². The maximum atomic E-state index is 13.0. The first-order valence-electron chi connectivity index (χ1n) is 7.92. The minimum Gasteiger partial charge on any atom is -0.300 e. The van der Waals surface area contributed by atoms with Gasteiger partial charge in [-0.15, -0.1) is 10.2 Å². The van der Waals surface area contributed by atoms with Crippen LogP contribution in [0.1, 0.15) is 56.0 Å². The molecule has 6 heteroatoms. The van der Waals surface area contributed by atoms with Gasteiger partial charge in [-0.25, -0.2) is 0 Å². The second-order valence-corrected chi connectivity index (χ2v) is 7.80. The van der Waals surface area contributed by atoms with E-state index in [1.54, 1.807) is 0 Å². The van der Waals surface area contributed by atoms with Crippen molar-refractivity contribution in [3.05, 3.63) is 39.9 Å². The summed E-state index contributed by atoms with van der Waals surface area (Å²) in [4.78, 5) is 13.0. The number of hydrogen-bond donors (Lipinski definition) is 1. The number of hydrogen-bond acceptors (Lipinski definition) is 4. The molecule has 23 heavy (non-hydrogen) atoms. The summed E-state index contributed by atoms with van der Waals surface area (Å²) in [5.74, 6) is 0.332. The fourth-order valence-corrected chi connectivity index (χ4v) is 4.00. The summed E-state index contributed by atoms with van der Waals surface area (Å²) >= 11 is 7.44. The number of rotatable bonds is 4. The topological polar surface area (TPSA) is 54.9 Å². The normalized spacial score (nSPS) is 16.7. The Kier molecular flexibility index (Phi) is 4.69. The molecule has 1 aromatic heterocycles. The van der Waals surface area contributed by atoms with Crippen molar-refractivity contribution in [3.8, 4) is 0 Å². The molecule has 122 valence electrons. The number of anilines is 1. The largest absolute Gasteiger partial charge is 0.300 e. The van der Waals surface area contributed by atoms with Gasteiger partial charge in [-0.05, 0) is 30.5 Å². The van der Waals surface area contributed by atoms with Crippen LogP contribution in [-0.2, 0) is 10.2 Å². The zero-order valence-corrected chi connectivity index (χ0v) is 14.9. The third-order valence-electron chi connectivity index (χ3n) is 4.44. The van der Waals surface area contributed by atoms with Crippen LogP contribution in [0.15, 0.2) is 24.3 Å². The van der Waals surface area contributed by atoms with Gasteiger partial charge < -0.3 is 0 Å². The standard InChI is InChI=1S/C17H20ClN3OS/c1-11(2)14-20-21-16(23-14)19-15(22)17(9-3-4-10-17)12-5-7-13(18)8-6-12/h5-8,11H,3-4,9-10H2,1-2H3,(H,19,21,22). The Morgan fingerprint density at radius 1 is 1.22 bits per heavy atom. The predicted octanol–water partition coefficient (Wildman–Crippen LogP) is 4.77. The van der Waals surface area contributed by atoms with Gasteiger partial charge in [0.05, 0.1) is 5.41 Å². The summed E-state index contributed by atoms with van der Waals surface area (Å²) in [6.45, 7) is 4.14. The van der Waals surface area contributed by atoms with Crippen molar-refractivity contribution < 1.29 is 4.79 Å². The third-order valence-corrected chi connectivity index (χ3v) is 5.83. The number of carbonyl (C=O) groups is 1. The van der Waals surface area contributed by atoms with Crippen LogP contribution in [0.25, 0.3) is 0 Å². The monoisotopic (exact) mass is 349 g/mol. The van der Waals surface area contributed by atoms with E-state index in [0.29, 0.717) is 16.1 Å². The minimum absolute atomic E-state index is 0.0174. The average molecular weight is 350 g/mol. The maximum Gasteiger partial charge on any atom is 0.236 e. The van der Waals surface area contributed by atoms with Crippen LogP contribution in [0.2, 0.25) is 5.02 Å². The molecule has 0 spiro atoms. The van der Waals surface area contributed by atoms with Crippen LogP contribution < -0.4 is 5.32 Å². The molecule has 2 aromatic rings. The van der Waals surface area contributed by atoms with Crippen molar-refractivity contribution in [1.82, 2.24) is 10.2 Å². The molecule has 0 unspecified atom stereocenters. The molecule has 0 bridgehead atoms. The first kappa shape index (κ1) is 16.4. The van der Waals surface area contributed by atoms with Gasteiger partial charge in [-0.3, -0.25) is 10.1 Å². The highest BCUT2D eigenvalue weighted by atomic mass is 35.5. The lowest BCUT2D eigenvalue weighted by atomic mass is 9.78. The number of aromatic nitrogens is 2. The predicted molar refractivity (Wildman–Crippen MR) is 94.2 cm³/mol. The third kappa shape index (κ3) is 3.26. The Labute approximate surface area is 145 Å². The summed E-state index contributed by atoms with van der Waals surface area (Å²) in [6.07, 6.45) is 3.83. The summed E-state index contributed by atoms with van der Waals surface area (Å²) < 4.78 is 0. The smallest absolute Gasteiger partial charge is 0.236 e. The first-order valence-corrected chi connectivity index (χ1v) is 9.11. The number of carbonyl (C=O) groups excluding carboxylic acids is 1. The molecule has 0 radical (unpaired) electrons. The highest BCUT2D eigenvalue weighted by Crippen LogP contribution is 2.42. The summed E-state index contributed by atoms with van der Waals surface area (Å²) in [5.41, 5.74) is 0.555. The van der Waals surface area contributed by atoms with Crippen LogP contribution in [0.3, 0.4) is 0 Å². The van der Waals surface area contributed by atoms with E-state index >= 15 is 0 Å². The van der Waals surface area contributed by atoms with E-state index in [-0.39, 0.29) is 5.91 Å². The molecule has 1 saturated carbocycles. The zero-order chi connectivity index (χ0) is 16.4. The molecule has 1 N–H and O–H groups in total. The van der Waals surface area contributed by atoms with Crippen LogP contribution in [-0.4, -0.2) is 16.1 Å². The lowest BCUT2D eigenvalue weighted by molar-refractivity contribution is -0.121. The van der Waals surface area contributed by atoms with Gasteiger partial charge in [-0.1, -0.05) is 61.8 Å². The van der Waals surface area contributed by atoms with Crippen molar-refractivity contribution in [2.45, 2.75) is 50.9 Å². The SMILES string of the molecule is CC(C)c1nnc(NC(=O)C2(c3ccc(Cl)cc3)CCCC2)s1. The molecule has 1 heterocycles. The van der Waals surface area contributed by atoms with Gasteiger partial charge in [0.25, 0.3) is 0 Å². The Hall–Kier alpha value is -1.46. The van der Waals surface area contributed by atoms with Gasteiger partial charge in [0.15, 0.2) is 0 Å². The van der Waals surface area contributed by atoms with Gasteiger partial charge >= 0.3 is 0 Å². The van der Waals surface area contributed by atoms with Gasteiger partial charge in [0.2, 0.25) is 11.0 Å². The van der Waals surface area contributed by atoms with Crippen molar-refractivity contribution in [2.75, 3.05) is 5.32 Å². The Morgan fingerprint density at radius 2 is 1.87 bits per heavy atom.